The van der Waals surface area contributed by atoms with Crippen molar-refractivity contribution < 1.29 is 13.2 Å². The zero-order valence-electron chi connectivity index (χ0n) is 13.2. The van der Waals surface area contributed by atoms with Gasteiger partial charge in [0.2, 0.25) is 10.0 Å². The van der Waals surface area contributed by atoms with E-state index in [1.165, 1.54) is 16.6 Å². The van der Waals surface area contributed by atoms with E-state index in [2.05, 4.69) is 10.3 Å². The third kappa shape index (κ3) is 3.63. The molecular weight excluding hydrogens is 326 g/mol. The molecule has 1 aliphatic heterocycles. The highest BCUT2D eigenvalue weighted by atomic mass is 32.2. The smallest absolute Gasteiger partial charge is 0.257 e. The van der Waals surface area contributed by atoms with Crippen LogP contribution in [-0.2, 0) is 10.0 Å². The Morgan fingerprint density at radius 3 is 2.58 bits per heavy atom. The zero-order chi connectivity index (χ0) is 17.0. The van der Waals surface area contributed by atoms with E-state index in [1.807, 2.05) is 0 Å². The first-order chi connectivity index (χ1) is 11.6. The van der Waals surface area contributed by atoms with Crippen LogP contribution in [0.25, 0.3) is 0 Å². The fraction of sp³-hybridized carbons (Fsp3) is 0.294. The summed E-state index contributed by atoms with van der Waals surface area (Å²) in [4.78, 5) is 16.3. The predicted octanol–water partition coefficient (Wildman–Crippen LogP) is 2.51. The van der Waals surface area contributed by atoms with Crippen LogP contribution in [-0.4, -0.2) is 36.7 Å². The van der Waals surface area contributed by atoms with Crippen LogP contribution in [0.2, 0.25) is 0 Å². The van der Waals surface area contributed by atoms with E-state index in [1.54, 1.807) is 36.5 Å². The van der Waals surface area contributed by atoms with Crippen LogP contribution in [0.15, 0.2) is 53.7 Å². The summed E-state index contributed by atoms with van der Waals surface area (Å²) in [6.45, 7) is 1.10. The predicted molar refractivity (Wildman–Crippen MR) is 91.2 cm³/mol. The summed E-state index contributed by atoms with van der Waals surface area (Å²) >= 11 is 0. The van der Waals surface area contributed by atoms with Crippen molar-refractivity contribution in [1.29, 1.82) is 0 Å². The number of sulfonamides is 1. The highest BCUT2D eigenvalue weighted by Crippen LogP contribution is 2.23. The Hall–Kier alpha value is -2.25. The van der Waals surface area contributed by atoms with Crippen LogP contribution in [0.4, 0.5) is 5.69 Å². The van der Waals surface area contributed by atoms with E-state index in [-0.39, 0.29) is 10.8 Å². The Labute approximate surface area is 141 Å². The van der Waals surface area contributed by atoms with Crippen molar-refractivity contribution in [3.05, 3.63) is 54.4 Å². The molecule has 0 spiro atoms. The number of benzene rings is 1. The summed E-state index contributed by atoms with van der Waals surface area (Å²) < 4.78 is 26.9. The van der Waals surface area contributed by atoms with Crippen LogP contribution in [0.1, 0.15) is 29.6 Å². The molecule has 6 nitrogen and oxygen atoms in total. The Bertz CT molecular complexity index is 816. The number of anilines is 1. The number of piperidine rings is 1. The number of carbonyl (C=O) groups is 1. The lowest BCUT2D eigenvalue weighted by Crippen LogP contribution is -2.35. The van der Waals surface area contributed by atoms with Crippen LogP contribution < -0.4 is 5.32 Å². The van der Waals surface area contributed by atoms with Gasteiger partial charge >= 0.3 is 0 Å². The zero-order valence-corrected chi connectivity index (χ0v) is 14.0. The molecule has 0 aliphatic carbocycles. The van der Waals surface area contributed by atoms with E-state index >= 15 is 0 Å². The van der Waals surface area contributed by atoms with Gasteiger partial charge in [0.05, 0.1) is 10.5 Å². The van der Waals surface area contributed by atoms with Gasteiger partial charge in [0.1, 0.15) is 0 Å². The van der Waals surface area contributed by atoms with Crippen molar-refractivity contribution >= 4 is 21.6 Å². The number of pyridine rings is 1. The molecule has 1 saturated heterocycles. The Morgan fingerprint density at radius 2 is 1.88 bits per heavy atom. The minimum absolute atomic E-state index is 0.202. The number of aromatic nitrogens is 1. The molecule has 0 bridgehead atoms. The van der Waals surface area contributed by atoms with E-state index in [4.69, 9.17) is 0 Å². The Morgan fingerprint density at radius 1 is 1.08 bits per heavy atom. The molecular formula is C17H19N3O3S. The first-order valence-corrected chi connectivity index (χ1v) is 9.33. The van der Waals surface area contributed by atoms with Gasteiger partial charge in [0, 0.05) is 31.2 Å². The average Bonchev–Trinajstić information content (AvgIpc) is 2.63. The van der Waals surface area contributed by atoms with Gasteiger partial charge in [-0.15, -0.1) is 0 Å². The summed E-state index contributed by atoms with van der Waals surface area (Å²) in [6.07, 6.45) is 5.88. The SMILES string of the molecule is O=C(Nc1cccc(S(=O)(=O)N2CCCCC2)c1)c1cccnc1. The van der Waals surface area contributed by atoms with Gasteiger partial charge in [-0.3, -0.25) is 9.78 Å². The van der Waals surface area contributed by atoms with Gasteiger partial charge in [-0.2, -0.15) is 4.31 Å². The largest absolute Gasteiger partial charge is 0.322 e. The van der Waals surface area contributed by atoms with Gasteiger partial charge in [-0.1, -0.05) is 12.5 Å². The van der Waals surface area contributed by atoms with Crippen molar-refractivity contribution in [2.45, 2.75) is 24.2 Å². The maximum atomic E-state index is 12.7. The summed E-state index contributed by atoms with van der Waals surface area (Å²) in [5.74, 6) is -0.323. The van der Waals surface area contributed by atoms with Gasteiger partial charge in [0.15, 0.2) is 0 Å². The molecule has 1 amide bonds. The molecule has 24 heavy (non-hydrogen) atoms. The maximum Gasteiger partial charge on any atom is 0.257 e. The molecule has 0 radical (unpaired) electrons. The van der Waals surface area contributed by atoms with E-state index in [0.717, 1.165) is 19.3 Å². The number of nitrogens with zero attached hydrogens (tertiary/aromatic N) is 2. The summed E-state index contributed by atoms with van der Waals surface area (Å²) in [5, 5.41) is 2.71. The van der Waals surface area contributed by atoms with Crippen molar-refractivity contribution in [3.63, 3.8) is 0 Å². The van der Waals surface area contributed by atoms with Gasteiger partial charge in [0.25, 0.3) is 5.91 Å². The fourth-order valence-electron chi connectivity index (χ4n) is 2.69. The van der Waals surface area contributed by atoms with Crippen LogP contribution in [0.5, 0.6) is 0 Å². The lowest BCUT2D eigenvalue weighted by Gasteiger charge is -2.26. The van der Waals surface area contributed by atoms with Crippen LogP contribution in [0.3, 0.4) is 0 Å². The summed E-state index contributed by atoms with van der Waals surface area (Å²) in [5.41, 5.74) is 0.865. The molecule has 1 aromatic carbocycles. The normalized spacial score (nSPS) is 15.8. The lowest BCUT2D eigenvalue weighted by molar-refractivity contribution is 0.102. The topological polar surface area (TPSA) is 79.4 Å². The second-order valence-corrected chi connectivity index (χ2v) is 7.63. The molecule has 2 heterocycles. The molecule has 3 rings (SSSR count). The molecule has 1 aromatic heterocycles. The highest BCUT2D eigenvalue weighted by Gasteiger charge is 2.26. The van der Waals surface area contributed by atoms with Gasteiger partial charge in [-0.05, 0) is 43.2 Å². The van der Waals surface area contributed by atoms with Crippen LogP contribution >= 0.6 is 0 Å². The molecule has 2 aromatic rings. The number of carbonyl (C=O) groups excluding carboxylic acids is 1. The molecule has 1 aliphatic rings. The van der Waals surface area contributed by atoms with Crippen molar-refractivity contribution in [1.82, 2.24) is 9.29 Å². The fourth-order valence-corrected chi connectivity index (χ4v) is 4.25. The molecule has 0 unspecified atom stereocenters. The van der Waals surface area contributed by atoms with E-state index < -0.39 is 10.0 Å². The molecule has 1 fully saturated rings. The van der Waals surface area contributed by atoms with E-state index in [0.29, 0.717) is 24.3 Å². The van der Waals surface area contributed by atoms with E-state index in [9.17, 15) is 13.2 Å². The Balaban J connectivity index is 1.80. The quantitative estimate of drug-likeness (QED) is 0.923. The monoisotopic (exact) mass is 345 g/mol. The number of nitrogens with one attached hydrogen (secondary N) is 1. The third-order valence-electron chi connectivity index (χ3n) is 3.97. The summed E-state index contributed by atoms with van der Waals surface area (Å²) in [6, 6.07) is 9.68. The van der Waals surface area contributed by atoms with Crippen molar-refractivity contribution in [3.8, 4) is 0 Å². The molecule has 126 valence electrons. The maximum absolute atomic E-state index is 12.7. The second-order valence-electron chi connectivity index (χ2n) is 5.69. The third-order valence-corrected chi connectivity index (χ3v) is 5.86. The lowest BCUT2D eigenvalue weighted by atomic mass is 10.2. The average molecular weight is 345 g/mol. The number of hydrogen-bond donors (Lipinski definition) is 1. The molecule has 7 heteroatoms. The van der Waals surface area contributed by atoms with Crippen molar-refractivity contribution in [2.75, 3.05) is 18.4 Å². The molecule has 1 N–H and O–H groups in total. The summed E-state index contributed by atoms with van der Waals surface area (Å²) in [7, 11) is -3.52. The van der Waals surface area contributed by atoms with Gasteiger partial charge < -0.3 is 5.32 Å². The minimum atomic E-state index is -3.52. The van der Waals surface area contributed by atoms with Gasteiger partial charge in [-0.25, -0.2) is 8.42 Å². The first-order valence-electron chi connectivity index (χ1n) is 7.89. The Kier molecular flexibility index (Phi) is 4.92. The molecule has 0 saturated carbocycles. The standard InChI is InChI=1S/C17H19N3O3S/c21-17(14-6-5-9-18-13-14)19-15-7-4-8-16(12-15)24(22,23)20-10-2-1-3-11-20/h4-9,12-13H,1-3,10-11H2,(H,19,21). The molecule has 0 atom stereocenters. The van der Waals surface area contributed by atoms with Crippen LogP contribution in [0, 0.1) is 0 Å². The van der Waals surface area contributed by atoms with Crippen molar-refractivity contribution in [2.24, 2.45) is 0 Å². The number of amides is 1. The highest BCUT2D eigenvalue weighted by molar-refractivity contribution is 7.89. The second kappa shape index (κ2) is 7.11. The number of hydrogen-bond acceptors (Lipinski definition) is 4. The first kappa shape index (κ1) is 16.6. The minimum Gasteiger partial charge on any atom is -0.322 e. The number of rotatable bonds is 4.